The lowest BCUT2D eigenvalue weighted by molar-refractivity contribution is -0.134. The van der Waals surface area contributed by atoms with Crippen LogP contribution in [0, 0.1) is 25.7 Å². The standard InChI is InChI=1S/C23H34N2O/c1-18-9-13-24(14-10-18)17-23(26)25-15-11-21(12-16-25)7-8-22-19(2)5-4-6-20(22)3/h4-8,18,21H,9-17H2,1-3H3/b8-7+. The molecule has 0 aromatic heterocycles. The number of carbonyl (C=O) groups excluding carboxylic acids is 1. The van der Waals surface area contributed by atoms with E-state index in [-0.39, 0.29) is 0 Å². The molecule has 2 fully saturated rings. The molecule has 2 heterocycles. The van der Waals surface area contributed by atoms with Crippen molar-refractivity contribution in [2.45, 2.75) is 46.5 Å². The van der Waals surface area contributed by atoms with Crippen molar-refractivity contribution in [1.82, 2.24) is 9.80 Å². The minimum absolute atomic E-state index is 0.330. The first kappa shape index (κ1) is 19.2. The minimum atomic E-state index is 0.330. The van der Waals surface area contributed by atoms with E-state index in [0.29, 0.717) is 18.4 Å². The van der Waals surface area contributed by atoms with E-state index < -0.39 is 0 Å². The van der Waals surface area contributed by atoms with Crippen molar-refractivity contribution >= 4 is 12.0 Å². The molecule has 2 saturated heterocycles. The molecule has 2 aliphatic heterocycles. The average molecular weight is 355 g/mol. The lowest BCUT2D eigenvalue weighted by atomic mass is 9.94. The summed E-state index contributed by atoms with van der Waals surface area (Å²) in [6.45, 7) is 11.3. The van der Waals surface area contributed by atoms with Crippen molar-refractivity contribution < 1.29 is 4.79 Å². The summed E-state index contributed by atoms with van der Waals surface area (Å²) >= 11 is 0. The van der Waals surface area contributed by atoms with Gasteiger partial charge in [-0.2, -0.15) is 0 Å². The first-order valence-corrected chi connectivity index (χ1v) is 10.3. The highest BCUT2D eigenvalue weighted by molar-refractivity contribution is 5.78. The second-order valence-electron chi connectivity index (χ2n) is 8.34. The summed E-state index contributed by atoms with van der Waals surface area (Å²) in [5, 5.41) is 0. The highest BCUT2D eigenvalue weighted by atomic mass is 16.2. The number of hydrogen-bond donors (Lipinski definition) is 0. The highest BCUT2D eigenvalue weighted by Crippen LogP contribution is 2.22. The van der Waals surface area contributed by atoms with Crippen molar-refractivity contribution in [2.24, 2.45) is 11.8 Å². The second-order valence-corrected chi connectivity index (χ2v) is 8.34. The van der Waals surface area contributed by atoms with Gasteiger partial charge in [-0.15, -0.1) is 0 Å². The molecule has 1 aromatic carbocycles. The molecule has 26 heavy (non-hydrogen) atoms. The molecule has 0 saturated carbocycles. The van der Waals surface area contributed by atoms with Gasteiger partial charge in [0, 0.05) is 13.1 Å². The molecule has 0 N–H and O–H groups in total. The van der Waals surface area contributed by atoms with Crippen LogP contribution in [-0.4, -0.2) is 48.4 Å². The third kappa shape index (κ3) is 4.97. The van der Waals surface area contributed by atoms with Crippen molar-refractivity contribution in [3.8, 4) is 0 Å². The summed E-state index contributed by atoms with van der Waals surface area (Å²) < 4.78 is 0. The fraction of sp³-hybridized carbons (Fsp3) is 0.609. The molecule has 1 aromatic rings. The second kappa shape index (κ2) is 8.85. The molecule has 0 bridgehead atoms. The van der Waals surface area contributed by atoms with E-state index >= 15 is 0 Å². The Morgan fingerprint density at radius 1 is 1.04 bits per heavy atom. The number of rotatable bonds is 4. The number of likely N-dealkylation sites (tertiary alicyclic amines) is 2. The third-order valence-corrected chi connectivity index (χ3v) is 6.20. The van der Waals surface area contributed by atoms with Gasteiger partial charge in [-0.1, -0.05) is 37.3 Å². The maximum atomic E-state index is 12.6. The third-order valence-electron chi connectivity index (χ3n) is 6.20. The van der Waals surface area contributed by atoms with E-state index in [0.717, 1.165) is 44.9 Å². The summed E-state index contributed by atoms with van der Waals surface area (Å²) in [6.07, 6.45) is 9.30. The lowest BCUT2D eigenvalue weighted by Gasteiger charge is -2.34. The number of amides is 1. The average Bonchev–Trinajstić information content (AvgIpc) is 2.64. The molecule has 2 aliphatic rings. The van der Waals surface area contributed by atoms with E-state index in [9.17, 15) is 4.79 Å². The zero-order valence-electron chi connectivity index (χ0n) is 16.7. The summed E-state index contributed by atoms with van der Waals surface area (Å²) in [7, 11) is 0. The van der Waals surface area contributed by atoms with Gasteiger partial charge in [-0.25, -0.2) is 0 Å². The van der Waals surface area contributed by atoms with Crippen LogP contribution in [0.3, 0.4) is 0 Å². The van der Waals surface area contributed by atoms with E-state index in [4.69, 9.17) is 0 Å². The molecular weight excluding hydrogens is 320 g/mol. The summed E-state index contributed by atoms with van der Waals surface area (Å²) in [4.78, 5) is 17.0. The first-order valence-electron chi connectivity index (χ1n) is 10.3. The Kier molecular flexibility index (Phi) is 6.53. The maximum Gasteiger partial charge on any atom is 0.236 e. The van der Waals surface area contributed by atoms with Crippen LogP contribution in [0.4, 0.5) is 0 Å². The van der Waals surface area contributed by atoms with Gasteiger partial charge in [0.2, 0.25) is 5.91 Å². The van der Waals surface area contributed by atoms with Gasteiger partial charge in [0.1, 0.15) is 0 Å². The molecular formula is C23H34N2O. The van der Waals surface area contributed by atoms with Gasteiger partial charge in [0.05, 0.1) is 6.54 Å². The van der Waals surface area contributed by atoms with Crippen LogP contribution in [0.5, 0.6) is 0 Å². The predicted octanol–water partition coefficient (Wildman–Crippen LogP) is 4.29. The Hall–Kier alpha value is -1.61. The minimum Gasteiger partial charge on any atom is -0.342 e. The Morgan fingerprint density at radius 3 is 2.27 bits per heavy atom. The molecule has 3 heteroatoms. The summed E-state index contributed by atoms with van der Waals surface area (Å²) in [6, 6.07) is 6.47. The molecule has 142 valence electrons. The highest BCUT2D eigenvalue weighted by Gasteiger charge is 2.24. The Bertz CT molecular complexity index is 615. The fourth-order valence-corrected chi connectivity index (χ4v) is 4.18. The van der Waals surface area contributed by atoms with Gasteiger partial charge >= 0.3 is 0 Å². The topological polar surface area (TPSA) is 23.6 Å². The van der Waals surface area contributed by atoms with E-state index in [2.05, 4.69) is 60.9 Å². The number of benzene rings is 1. The molecule has 0 atom stereocenters. The van der Waals surface area contributed by atoms with Crippen LogP contribution in [0.2, 0.25) is 0 Å². The SMILES string of the molecule is Cc1cccc(C)c1/C=C/C1CCN(C(=O)CN2CCC(C)CC2)CC1. The van der Waals surface area contributed by atoms with Crippen LogP contribution in [0.15, 0.2) is 24.3 Å². The van der Waals surface area contributed by atoms with E-state index in [1.54, 1.807) is 0 Å². The molecule has 0 radical (unpaired) electrons. The van der Waals surface area contributed by atoms with Crippen LogP contribution in [0.1, 0.15) is 49.3 Å². The van der Waals surface area contributed by atoms with Crippen molar-refractivity contribution in [2.75, 3.05) is 32.7 Å². The monoisotopic (exact) mass is 354 g/mol. The number of aryl methyl sites for hydroxylation is 2. The first-order chi connectivity index (χ1) is 12.5. The van der Waals surface area contributed by atoms with Gasteiger partial charge in [-0.3, -0.25) is 9.69 Å². The molecule has 3 nitrogen and oxygen atoms in total. The normalized spacial score (nSPS) is 20.8. The van der Waals surface area contributed by atoms with Crippen LogP contribution >= 0.6 is 0 Å². The predicted molar refractivity (Wildman–Crippen MR) is 109 cm³/mol. The molecule has 3 rings (SSSR count). The molecule has 0 unspecified atom stereocenters. The zero-order valence-corrected chi connectivity index (χ0v) is 16.7. The summed E-state index contributed by atoms with van der Waals surface area (Å²) in [5.41, 5.74) is 4.03. The van der Waals surface area contributed by atoms with Crippen LogP contribution < -0.4 is 0 Å². The van der Waals surface area contributed by atoms with Crippen molar-refractivity contribution in [3.63, 3.8) is 0 Å². The quantitative estimate of drug-likeness (QED) is 0.805. The smallest absolute Gasteiger partial charge is 0.236 e. The molecule has 1 amide bonds. The zero-order chi connectivity index (χ0) is 18.5. The van der Waals surface area contributed by atoms with Gasteiger partial charge in [0.15, 0.2) is 0 Å². The van der Waals surface area contributed by atoms with Gasteiger partial charge in [0.25, 0.3) is 0 Å². The maximum absolute atomic E-state index is 12.6. The number of nitrogens with zero attached hydrogens (tertiary/aromatic N) is 2. The van der Waals surface area contributed by atoms with Crippen molar-refractivity contribution in [1.29, 1.82) is 0 Å². The number of allylic oxidation sites excluding steroid dienone is 1. The largest absolute Gasteiger partial charge is 0.342 e. The van der Waals surface area contributed by atoms with Crippen LogP contribution in [0.25, 0.3) is 6.08 Å². The van der Waals surface area contributed by atoms with Gasteiger partial charge < -0.3 is 4.90 Å². The number of piperidine rings is 2. The van der Waals surface area contributed by atoms with Crippen LogP contribution in [-0.2, 0) is 4.79 Å². The Balaban J connectivity index is 1.46. The number of hydrogen-bond acceptors (Lipinski definition) is 2. The number of carbonyl (C=O) groups is 1. The van der Waals surface area contributed by atoms with Crippen molar-refractivity contribution in [3.05, 3.63) is 41.0 Å². The molecule has 0 aliphatic carbocycles. The lowest BCUT2D eigenvalue weighted by Crippen LogP contribution is -2.45. The van der Waals surface area contributed by atoms with E-state index in [1.807, 2.05) is 0 Å². The Labute approximate surface area is 159 Å². The fourth-order valence-electron chi connectivity index (χ4n) is 4.18. The molecule has 0 spiro atoms. The Morgan fingerprint density at radius 2 is 1.65 bits per heavy atom. The van der Waals surface area contributed by atoms with Gasteiger partial charge in [-0.05, 0) is 81.1 Å². The summed E-state index contributed by atoms with van der Waals surface area (Å²) in [5.74, 6) is 1.74. The van der Waals surface area contributed by atoms with E-state index in [1.165, 1.54) is 29.5 Å².